The Hall–Kier alpha value is -3.83. The number of benzene rings is 2. The van der Waals surface area contributed by atoms with Crippen molar-refractivity contribution in [2.75, 3.05) is 24.0 Å². The molecule has 0 bridgehead atoms. The zero-order chi connectivity index (χ0) is 21.5. The van der Waals surface area contributed by atoms with Crippen LogP contribution in [0.3, 0.4) is 0 Å². The minimum absolute atomic E-state index is 0.294. The molecule has 0 atom stereocenters. The van der Waals surface area contributed by atoms with Gasteiger partial charge in [0.25, 0.3) is 0 Å². The third-order valence-electron chi connectivity index (χ3n) is 4.10. The summed E-state index contributed by atoms with van der Waals surface area (Å²) in [6.07, 6.45) is 3.06. The molecule has 0 aliphatic rings. The van der Waals surface area contributed by atoms with Crippen molar-refractivity contribution in [2.45, 2.75) is 5.16 Å². The Morgan fingerprint density at radius 1 is 1.20 bits per heavy atom. The third kappa shape index (κ3) is 4.77. The predicted molar refractivity (Wildman–Crippen MR) is 119 cm³/mol. The van der Waals surface area contributed by atoms with Crippen LogP contribution in [0, 0.1) is 11.3 Å². The number of anilines is 3. The zero-order valence-corrected chi connectivity index (χ0v) is 17.3. The number of thioether (sulfide) groups is 1. The molecule has 7 nitrogen and oxygen atoms in total. The number of amides is 1. The number of nitriles is 1. The van der Waals surface area contributed by atoms with E-state index in [0.29, 0.717) is 39.2 Å². The van der Waals surface area contributed by atoms with E-state index in [9.17, 15) is 10.1 Å². The van der Waals surface area contributed by atoms with E-state index in [-0.39, 0.29) is 5.91 Å². The largest absolute Gasteiger partial charge is 0.497 e. The van der Waals surface area contributed by atoms with Crippen LogP contribution in [-0.2, 0) is 4.79 Å². The van der Waals surface area contributed by atoms with Gasteiger partial charge in [0, 0.05) is 23.0 Å². The molecule has 1 heterocycles. The number of nitrogens with zero attached hydrogens (tertiary/aromatic N) is 3. The van der Waals surface area contributed by atoms with E-state index in [1.807, 2.05) is 36.6 Å². The van der Waals surface area contributed by atoms with E-state index < -0.39 is 0 Å². The van der Waals surface area contributed by atoms with Crippen molar-refractivity contribution < 1.29 is 9.53 Å². The van der Waals surface area contributed by atoms with Crippen LogP contribution in [0.1, 0.15) is 5.56 Å². The standard InChI is InChI=1S/C22H19N5O2S/c1-4-19(28)24-15-8-5-7-14(11-15)20-18(13-23)21(27-22(26-20)30-3)25-16-9-6-10-17(12-16)29-2/h4-12H,1H2,2-3H3,(H,24,28)(H,25,26,27). The second kappa shape index (κ2) is 9.58. The Kier molecular flexibility index (Phi) is 6.67. The number of carbonyl (C=O) groups is 1. The van der Waals surface area contributed by atoms with Crippen molar-refractivity contribution in [1.29, 1.82) is 5.26 Å². The van der Waals surface area contributed by atoms with E-state index in [1.54, 1.807) is 25.3 Å². The van der Waals surface area contributed by atoms with Crippen LogP contribution in [0.15, 0.2) is 66.3 Å². The smallest absolute Gasteiger partial charge is 0.247 e. The maximum absolute atomic E-state index is 11.6. The van der Waals surface area contributed by atoms with Gasteiger partial charge in [-0.15, -0.1) is 0 Å². The number of methoxy groups -OCH3 is 1. The summed E-state index contributed by atoms with van der Waals surface area (Å²) in [5.41, 5.74) is 2.75. The lowest BCUT2D eigenvalue weighted by Gasteiger charge is -2.13. The van der Waals surface area contributed by atoms with Crippen molar-refractivity contribution in [1.82, 2.24) is 9.97 Å². The van der Waals surface area contributed by atoms with Gasteiger partial charge in [-0.3, -0.25) is 4.79 Å². The summed E-state index contributed by atoms with van der Waals surface area (Å²) in [5.74, 6) is 0.754. The van der Waals surface area contributed by atoms with E-state index in [0.717, 1.165) is 5.69 Å². The van der Waals surface area contributed by atoms with Crippen molar-refractivity contribution in [3.05, 3.63) is 66.7 Å². The predicted octanol–water partition coefficient (Wildman–Crippen LogP) is 4.61. The maximum atomic E-state index is 11.6. The minimum atomic E-state index is -0.319. The van der Waals surface area contributed by atoms with Gasteiger partial charge in [0.2, 0.25) is 5.91 Å². The molecule has 0 unspecified atom stereocenters. The van der Waals surface area contributed by atoms with Gasteiger partial charge in [0.15, 0.2) is 11.0 Å². The number of carbonyl (C=O) groups excluding carboxylic acids is 1. The first-order chi connectivity index (χ1) is 14.6. The molecule has 0 saturated heterocycles. The van der Waals surface area contributed by atoms with Gasteiger partial charge in [-0.2, -0.15) is 5.26 Å². The van der Waals surface area contributed by atoms with Crippen LogP contribution >= 0.6 is 11.8 Å². The topological polar surface area (TPSA) is 99.9 Å². The van der Waals surface area contributed by atoms with Gasteiger partial charge in [0.1, 0.15) is 17.4 Å². The molecule has 2 aromatic carbocycles. The highest BCUT2D eigenvalue weighted by Gasteiger charge is 2.17. The first-order valence-corrected chi connectivity index (χ1v) is 10.1. The van der Waals surface area contributed by atoms with Crippen molar-refractivity contribution in [3.63, 3.8) is 0 Å². The Morgan fingerprint density at radius 2 is 1.97 bits per heavy atom. The lowest BCUT2D eigenvalue weighted by atomic mass is 10.1. The van der Waals surface area contributed by atoms with Crippen LogP contribution in [0.25, 0.3) is 11.3 Å². The molecule has 30 heavy (non-hydrogen) atoms. The summed E-state index contributed by atoms with van der Waals surface area (Å²) in [6, 6.07) is 16.7. The molecule has 150 valence electrons. The summed E-state index contributed by atoms with van der Waals surface area (Å²) in [5, 5.41) is 16.3. The van der Waals surface area contributed by atoms with Crippen LogP contribution < -0.4 is 15.4 Å². The van der Waals surface area contributed by atoms with Gasteiger partial charge in [0.05, 0.1) is 12.8 Å². The average Bonchev–Trinajstić information content (AvgIpc) is 2.78. The fourth-order valence-electron chi connectivity index (χ4n) is 2.71. The van der Waals surface area contributed by atoms with Crippen molar-refractivity contribution in [2.24, 2.45) is 0 Å². The van der Waals surface area contributed by atoms with Crippen LogP contribution in [0.2, 0.25) is 0 Å². The minimum Gasteiger partial charge on any atom is -0.497 e. The molecule has 1 amide bonds. The number of aromatic nitrogens is 2. The van der Waals surface area contributed by atoms with E-state index in [4.69, 9.17) is 4.74 Å². The molecule has 0 saturated carbocycles. The fourth-order valence-corrected chi connectivity index (χ4v) is 3.08. The number of hydrogen-bond acceptors (Lipinski definition) is 7. The highest BCUT2D eigenvalue weighted by Crippen LogP contribution is 2.31. The van der Waals surface area contributed by atoms with Crippen LogP contribution in [0.4, 0.5) is 17.2 Å². The van der Waals surface area contributed by atoms with Crippen LogP contribution in [-0.4, -0.2) is 29.2 Å². The van der Waals surface area contributed by atoms with Gasteiger partial charge >= 0.3 is 0 Å². The molecule has 0 spiro atoms. The van der Waals surface area contributed by atoms with Crippen LogP contribution in [0.5, 0.6) is 5.75 Å². The third-order valence-corrected chi connectivity index (χ3v) is 4.65. The SMILES string of the molecule is C=CC(=O)Nc1cccc(-c2nc(SC)nc(Nc3cccc(OC)c3)c2C#N)c1. The fraction of sp³-hybridized carbons (Fsp3) is 0.0909. The molecule has 1 aromatic heterocycles. The molecule has 3 rings (SSSR count). The molecular formula is C22H19N5O2S. The molecule has 0 radical (unpaired) electrons. The second-order valence-electron chi connectivity index (χ2n) is 6.03. The Morgan fingerprint density at radius 3 is 2.67 bits per heavy atom. The summed E-state index contributed by atoms with van der Waals surface area (Å²) in [6.45, 7) is 3.46. The van der Waals surface area contributed by atoms with Gasteiger partial charge in [-0.25, -0.2) is 9.97 Å². The van der Waals surface area contributed by atoms with Gasteiger partial charge in [-0.1, -0.05) is 36.5 Å². The van der Waals surface area contributed by atoms with Gasteiger partial charge in [-0.05, 0) is 36.6 Å². The molecule has 2 N–H and O–H groups in total. The van der Waals surface area contributed by atoms with E-state index in [2.05, 4.69) is 33.2 Å². The Labute approximate surface area is 178 Å². The summed E-state index contributed by atoms with van der Waals surface area (Å²) < 4.78 is 5.26. The molecule has 0 aliphatic carbocycles. The second-order valence-corrected chi connectivity index (χ2v) is 6.80. The summed E-state index contributed by atoms with van der Waals surface area (Å²) in [7, 11) is 1.59. The summed E-state index contributed by atoms with van der Waals surface area (Å²) in [4.78, 5) is 20.6. The lowest BCUT2D eigenvalue weighted by Crippen LogP contribution is -2.07. The maximum Gasteiger partial charge on any atom is 0.247 e. The molecular weight excluding hydrogens is 398 g/mol. The first-order valence-electron chi connectivity index (χ1n) is 8.89. The molecule has 8 heteroatoms. The molecule has 0 aliphatic heterocycles. The van der Waals surface area contributed by atoms with Gasteiger partial charge < -0.3 is 15.4 Å². The first kappa shape index (κ1) is 20.9. The van der Waals surface area contributed by atoms with Crippen molar-refractivity contribution >= 4 is 34.9 Å². The van der Waals surface area contributed by atoms with Crippen molar-refractivity contribution in [3.8, 4) is 23.1 Å². The molecule has 0 fully saturated rings. The Balaban J connectivity index is 2.08. The monoisotopic (exact) mass is 417 g/mol. The number of nitrogens with one attached hydrogen (secondary N) is 2. The number of hydrogen-bond donors (Lipinski definition) is 2. The average molecular weight is 417 g/mol. The quantitative estimate of drug-likeness (QED) is 0.329. The highest BCUT2D eigenvalue weighted by atomic mass is 32.2. The van der Waals surface area contributed by atoms with E-state index >= 15 is 0 Å². The molecule has 3 aromatic rings. The Bertz CT molecular complexity index is 1140. The number of rotatable bonds is 7. The number of ether oxygens (including phenoxy) is 1. The van der Waals surface area contributed by atoms with E-state index in [1.165, 1.54) is 17.8 Å². The summed E-state index contributed by atoms with van der Waals surface area (Å²) >= 11 is 1.37. The lowest BCUT2D eigenvalue weighted by molar-refractivity contribution is -0.111. The normalized spacial score (nSPS) is 10.0. The highest BCUT2D eigenvalue weighted by molar-refractivity contribution is 7.98. The zero-order valence-electron chi connectivity index (χ0n) is 16.5.